The fourth-order valence-electron chi connectivity index (χ4n) is 2.65. The largest absolute Gasteiger partial charge is 0.294 e. The van der Waals surface area contributed by atoms with E-state index in [1.165, 1.54) is 4.88 Å². The molecule has 23 heavy (non-hydrogen) atoms. The molecule has 2 aromatic rings. The third-order valence-electron chi connectivity index (χ3n) is 4.28. The summed E-state index contributed by atoms with van der Waals surface area (Å²) in [7, 11) is 0. The summed E-state index contributed by atoms with van der Waals surface area (Å²) >= 11 is 1.66. The number of fused-ring (bicyclic) bond motifs is 1. The predicted molar refractivity (Wildman–Crippen MR) is 89.8 cm³/mol. The van der Waals surface area contributed by atoms with Crippen molar-refractivity contribution in [2.75, 3.05) is 5.32 Å². The number of amides is 1. The van der Waals surface area contributed by atoms with E-state index in [2.05, 4.69) is 21.4 Å². The standard InChI is InChI=1S/C17H19N3O2S/c1-3-10(2)16(22)20-17-18-9-12-13(19-17)7-11(8-14(12)21)15-5-4-6-23-15/h4-6,9-11H,3,7-8H2,1-2H3,(H,18,19,20,22)/t10-,11+/m1/s1. The summed E-state index contributed by atoms with van der Waals surface area (Å²) in [5.74, 6) is 0.348. The minimum atomic E-state index is -0.0932. The topological polar surface area (TPSA) is 72.0 Å². The first-order valence-corrected chi connectivity index (χ1v) is 8.69. The molecule has 0 radical (unpaired) electrons. The number of rotatable bonds is 4. The van der Waals surface area contributed by atoms with Gasteiger partial charge in [-0.15, -0.1) is 11.3 Å². The second-order valence-electron chi connectivity index (χ2n) is 5.90. The Morgan fingerprint density at radius 2 is 2.30 bits per heavy atom. The summed E-state index contributed by atoms with van der Waals surface area (Å²) in [6.07, 6.45) is 3.50. The normalized spacial score (nSPS) is 18.3. The van der Waals surface area contributed by atoms with Crippen molar-refractivity contribution in [3.63, 3.8) is 0 Å². The van der Waals surface area contributed by atoms with E-state index < -0.39 is 0 Å². The van der Waals surface area contributed by atoms with Crippen LogP contribution in [0.3, 0.4) is 0 Å². The van der Waals surface area contributed by atoms with Crippen LogP contribution in [0.5, 0.6) is 0 Å². The van der Waals surface area contributed by atoms with Crippen LogP contribution in [0, 0.1) is 5.92 Å². The van der Waals surface area contributed by atoms with Crippen LogP contribution in [0.15, 0.2) is 23.7 Å². The Labute approximate surface area is 139 Å². The highest BCUT2D eigenvalue weighted by Crippen LogP contribution is 2.34. The number of thiophene rings is 1. The summed E-state index contributed by atoms with van der Waals surface area (Å²) in [5.41, 5.74) is 1.31. The average molecular weight is 329 g/mol. The van der Waals surface area contributed by atoms with Crippen LogP contribution >= 0.6 is 11.3 Å². The van der Waals surface area contributed by atoms with Crippen molar-refractivity contribution in [3.8, 4) is 0 Å². The molecule has 0 saturated carbocycles. The summed E-state index contributed by atoms with van der Waals surface area (Å²) in [4.78, 5) is 34.0. The van der Waals surface area contributed by atoms with Crippen molar-refractivity contribution in [2.45, 2.75) is 39.0 Å². The molecule has 0 spiro atoms. The van der Waals surface area contributed by atoms with Crippen molar-refractivity contribution in [1.29, 1.82) is 0 Å². The summed E-state index contributed by atoms with van der Waals surface area (Å²) in [6.45, 7) is 3.83. The number of carbonyl (C=O) groups is 2. The van der Waals surface area contributed by atoms with Crippen LogP contribution in [-0.4, -0.2) is 21.7 Å². The second-order valence-corrected chi connectivity index (χ2v) is 6.88. The monoisotopic (exact) mass is 329 g/mol. The van der Waals surface area contributed by atoms with Gasteiger partial charge in [0.05, 0.1) is 11.3 Å². The van der Waals surface area contributed by atoms with Gasteiger partial charge in [-0.3, -0.25) is 14.9 Å². The van der Waals surface area contributed by atoms with Crippen LogP contribution in [0.25, 0.3) is 0 Å². The number of hydrogen-bond acceptors (Lipinski definition) is 5. The lowest BCUT2D eigenvalue weighted by molar-refractivity contribution is -0.119. The van der Waals surface area contributed by atoms with Gasteiger partial charge in [0.15, 0.2) is 5.78 Å². The molecule has 0 bridgehead atoms. The average Bonchev–Trinajstić information content (AvgIpc) is 3.08. The van der Waals surface area contributed by atoms with E-state index in [9.17, 15) is 9.59 Å². The van der Waals surface area contributed by atoms with Gasteiger partial charge < -0.3 is 0 Å². The van der Waals surface area contributed by atoms with E-state index >= 15 is 0 Å². The van der Waals surface area contributed by atoms with Crippen molar-refractivity contribution in [1.82, 2.24) is 9.97 Å². The van der Waals surface area contributed by atoms with Gasteiger partial charge in [-0.25, -0.2) is 9.97 Å². The fraction of sp³-hybridized carbons (Fsp3) is 0.412. The van der Waals surface area contributed by atoms with E-state index in [1.54, 1.807) is 17.5 Å². The molecule has 2 aromatic heterocycles. The number of Topliss-reactive ketones (excluding diaryl/α,β-unsaturated/α-hetero) is 1. The molecule has 0 aromatic carbocycles. The summed E-state index contributed by atoms with van der Waals surface area (Å²) in [6, 6.07) is 4.05. The molecule has 0 aliphatic heterocycles. The lowest BCUT2D eigenvalue weighted by Gasteiger charge is -2.22. The fourth-order valence-corrected chi connectivity index (χ4v) is 3.48. The smallest absolute Gasteiger partial charge is 0.229 e. The second kappa shape index (κ2) is 6.58. The molecule has 0 saturated heterocycles. The van der Waals surface area contributed by atoms with Crippen LogP contribution < -0.4 is 5.32 Å². The Hall–Kier alpha value is -2.08. The molecule has 120 valence electrons. The van der Waals surface area contributed by atoms with Crippen molar-refractivity contribution in [3.05, 3.63) is 39.8 Å². The predicted octanol–water partition coefficient (Wildman–Crippen LogP) is 3.44. The number of anilines is 1. The Morgan fingerprint density at radius 3 is 3.00 bits per heavy atom. The zero-order chi connectivity index (χ0) is 16.4. The van der Waals surface area contributed by atoms with Crippen LogP contribution in [0.4, 0.5) is 5.95 Å². The molecule has 6 heteroatoms. The van der Waals surface area contributed by atoms with Gasteiger partial charge in [0.25, 0.3) is 0 Å². The molecule has 1 N–H and O–H groups in total. The Morgan fingerprint density at radius 1 is 1.48 bits per heavy atom. The quantitative estimate of drug-likeness (QED) is 0.932. The minimum Gasteiger partial charge on any atom is -0.294 e. The molecule has 1 aliphatic carbocycles. The number of hydrogen-bond donors (Lipinski definition) is 1. The van der Waals surface area contributed by atoms with Crippen molar-refractivity contribution in [2.24, 2.45) is 5.92 Å². The molecule has 1 aliphatic rings. The maximum absolute atomic E-state index is 12.3. The highest BCUT2D eigenvalue weighted by Gasteiger charge is 2.28. The Kier molecular flexibility index (Phi) is 4.52. The number of ketones is 1. The van der Waals surface area contributed by atoms with Gasteiger partial charge in [0.2, 0.25) is 11.9 Å². The molecule has 1 amide bonds. The number of aromatic nitrogens is 2. The van der Waals surface area contributed by atoms with Gasteiger partial charge in [0, 0.05) is 29.3 Å². The van der Waals surface area contributed by atoms with Gasteiger partial charge in [-0.1, -0.05) is 19.9 Å². The van der Waals surface area contributed by atoms with E-state index in [0.717, 1.165) is 12.1 Å². The van der Waals surface area contributed by atoms with Crippen molar-refractivity contribution < 1.29 is 9.59 Å². The molecule has 2 heterocycles. The van der Waals surface area contributed by atoms with E-state index in [4.69, 9.17) is 0 Å². The van der Waals surface area contributed by atoms with Gasteiger partial charge in [-0.2, -0.15) is 0 Å². The number of nitrogens with zero attached hydrogens (tertiary/aromatic N) is 2. The molecular formula is C17H19N3O2S. The maximum atomic E-state index is 12.3. The Balaban J connectivity index is 1.83. The first-order valence-electron chi connectivity index (χ1n) is 7.81. The Bertz CT molecular complexity index is 727. The first kappa shape index (κ1) is 15.8. The van der Waals surface area contributed by atoms with Gasteiger partial charge in [0.1, 0.15) is 0 Å². The van der Waals surface area contributed by atoms with Crippen LogP contribution in [-0.2, 0) is 11.2 Å². The third kappa shape index (κ3) is 3.32. The SMILES string of the molecule is CC[C@@H](C)C(=O)Nc1ncc2c(n1)C[C@H](c1cccs1)CC2=O. The molecule has 2 atom stereocenters. The van der Waals surface area contributed by atoms with E-state index in [-0.39, 0.29) is 29.5 Å². The van der Waals surface area contributed by atoms with Crippen LogP contribution in [0.2, 0.25) is 0 Å². The molecular weight excluding hydrogens is 310 g/mol. The third-order valence-corrected chi connectivity index (χ3v) is 5.31. The molecule has 3 rings (SSSR count). The van der Waals surface area contributed by atoms with Crippen LogP contribution in [0.1, 0.15) is 53.5 Å². The zero-order valence-electron chi connectivity index (χ0n) is 13.2. The molecule has 5 nitrogen and oxygen atoms in total. The van der Waals surface area contributed by atoms with Gasteiger partial charge >= 0.3 is 0 Å². The first-order chi connectivity index (χ1) is 11.1. The molecule has 0 unspecified atom stereocenters. The highest BCUT2D eigenvalue weighted by atomic mass is 32.1. The summed E-state index contributed by atoms with van der Waals surface area (Å²) < 4.78 is 0. The number of nitrogens with one attached hydrogen (secondary N) is 1. The van der Waals surface area contributed by atoms with Crippen molar-refractivity contribution >= 4 is 29.0 Å². The zero-order valence-corrected chi connectivity index (χ0v) is 14.0. The minimum absolute atomic E-state index is 0.0736. The van der Waals surface area contributed by atoms with E-state index in [0.29, 0.717) is 18.4 Å². The number of carbonyl (C=O) groups excluding carboxylic acids is 2. The summed E-state index contributed by atoms with van der Waals surface area (Å²) in [5, 5.41) is 4.76. The van der Waals surface area contributed by atoms with E-state index in [1.807, 2.05) is 25.3 Å². The molecule has 0 fully saturated rings. The maximum Gasteiger partial charge on any atom is 0.229 e. The lowest BCUT2D eigenvalue weighted by Crippen LogP contribution is -2.24. The van der Waals surface area contributed by atoms with Gasteiger partial charge in [-0.05, 0) is 24.3 Å². The highest BCUT2D eigenvalue weighted by molar-refractivity contribution is 7.10. The lowest BCUT2D eigenvalue weighted by atomic mass is 9.86.